The van der Waals surface area contributed by atoms with E-state index in [-0.39, 0.29) is 11.9 Å². The van der Waals surface area contributed by atoms with Crippen LogP contribution >= 0.6 is 0 Å². The van der Waals surface area contributed by atoms with Gasteiger partial charge in [0.15, 0.2) is 11.5 Å². The van der Waals surface area contributed by atoms with Gasteiger partial charge in [0.05, 0.1) is 13.7 Å². The molecule has 1 aliphatic rings. The predicted octanol–water partition coefficient (Wildman–Crippen LogP) is 3.69. The van der Waals surface area contributed by atoms with Crippen LogP contribution in [0, 0.1) is 0 Å². The summed E-state index contributed by atoms with van der Waals surface area (Å²) in [6.45, 7) is 4.55. The van der Waals surface area contributed by atoms with Crippen LogP contribution in [0.1, 0.15) is 29.8 Å². The number of nitrogens with zero attached hydrogens (tertiary/aromatic N) is 1. The Morgan fingerprint density at radius 2 is 2.00 bits per heavy atom. The molecule has 4 nitrogen and oxygen atoms in total. The van der Waals surface area contributed by atoms with Gasteiger partial charge >= 0.3 is 0 Å². The first-order valence-electron chi connectivity index (χ1n) is 7.88. The smallest absolute Gasteiger partial charge is 0.258 e. The van der Waals surface area contributed by atoms with Crippen molar-refractivity contribution in [3.05, 3.63) is 53.6 Å². The van der Waals surface area contributed by atoms with Crippen LogP contribution in [0.5, 0.6) is 11.5 Å². The molecule has 4 heteroatoms. The Bertz CT molecular complexity index is 726. The molecule has 120 valence electrons. The molecule has 1 amide bonds. The molecule has 0 radical (unpaired) electrons. The number of benzene rings is 2. The SMILES string of the molecule is CCOc1ccc(C(=O)N2c3ccccc3C[C@@H]2C)cc1OC. The summed E-state index contributed by atoms with van der Waals surface area (Å²) < 4.78 is 10.9. The number of carbonyl (C=O) groups is 1. The fraction of sp³-hybridized carbons (Fsp3) is 0.316. The maximum Gasteiger partial charge on any atom is 0.258 e. The lowest BCUT2D eigenvalue weighted by Gasteiger charge is -2.23. The molecular weight excluding hydrogens is 290 g/mol. The quantitative estimate of drug-likeness (QED) is 0.864. The van der Waals surface area contributed by atoms with Gasteiger partial charge in [0.25, 0.3) is 5.91 Å². The number of rotatable bonds is 4. The zero-order valence-corrected chi connectivity index (χ0v) is 13.7. The first-order chi connectivity index (χ1) is 11.2. The molecule has 1 aliphatic heterocycles. The average molecular weight is 311 g/mol. The van der Waals surface area contributed by atoms with Crippen molar-refractivity contribution in [2.75, 3.05) is 18.6 Å². The first kappa shape index (κ1) is 15.4. The van der Waals surface area contributed by atoms with E-state index in [1.165, 1.54) is 5.56 Å². The third-order valence-electron chi connectivity index (χ3n) is 4.14. The molecule has 0 saturated heterocycles. The number of ether oxygens (including phenoxy) is 2. The summed E-state index contributed by atoms with van der Waals surface area (Å²) >= 11 is 0. The number of fused-ring (bicyclic) bond motifs is 1. The molecule has 0 fully saturated rings. The molecule has 0 aromatic heterocycles. The number of anilines is 1. The van der Waals surface area contributed by atoms with Crippen LogP contribution in [0.25, 0.3) is 0 Å². The fourth-order valence-electron chi connectivity index (χ4n) is 3.09. The van der Waals surface area contributed by atoms with E-state index in [1.54, 1.807) is 25.3 Å². The van der Waals surface area contributed by atoms with Crippen molar-refractivity contribution in [1.82, 2.24) is 0 Å². The van der Waals surface area contributed by atoms with Crippen LogP contribution in [0.3, 0.4) is 0 Å². The molecule has 0 N–H and O–H groups in total. The second-order valence-electron chi connectivity index (χ2n) is 5.66. The highest BCUT2D eigenvalue weighted by Crippen LogP contribution is 2.34. The van der Waals surface area contributed by atoms with E-state index >= 15 is 0 Å². The molecule has 0 spiro atoms. The Morgan fingerprint density at radius 3 is 2.74 bits per heavy atom. The van der Waals surface area contributed by atoms with E-state index in [0.717, 1.165) is 12.1 Å². The van der Waals surface area contributed by atoms with Crippen LogP contribution in [-0.4, -0.2) is 25.7 Å². The molecule has 3 rings (SSSR count). The lowest BCUT2D eigenvalue weighted by Crippen LogP contribution is -2.35. The number of hydrogen-bond acceptors (Lipinski definition) is 3. The largest absolute Gasteiger partial charge is 0.493 e. The van der Waals surface area contributed by atoms with E-state index in [2.05, 4.69) is 13.0 Å². The van der Waals surface area contributed by atoms with Gasteiger partial charge in [0.2, 0.25) is 0 Å². The minimum absolute atomic E-state index is 0.0104. The fourth-order valence-corrected chi connectivity index (χ4v) is 3.09. The minimum Gasteiger partial charge on any atom is -0.493 e. The van der Waals surface area contributed by atoms with Gasteiger partial charge in [-0.15, -0.1) is 0 Å². The van der Waals surface area contributed by atoms with Gasteiger partial charge in [-0.1, -0.05) is 18.2 Å². The zero-order valence-electron chi connectivity index (χ0n) is 13.7. The van der Waals surface area contributed by atoms with Crippen molar-refractivity contribution in [3.63, 3.8) is 0 Å². The topological polar surface area (TPSA) is 38.8 Å². The van der Waals surface area contributed by atoms with Crippen molar-refractivity contribution in [3.8, 4) is 11.5 Å². The summed E-state index contributed by atoms with van der Waals surface area (Å²) in [6.07, 6.45) is 0.885. The van der Waals surface area contributed by atoms with Gasteiger partial charge in [-0.3, -0.25) is 4.79 Å². The number of hydrogen-bond donors (Lipinski definition) is 0. The third-order valence-corrected chi connectivity index (χ3v) is 4.14. The summed E-state index contributed by atoms with van der Waals surface area (Å²) in [7, 11) is 1.58. The average Bonchev–Trinajstić information content (AvgIpc) is 2.90. The monoisotopic (exact) mass is 311 g/mol. The highest BCUT2D eigenvalue weighted by molar-refractivity contribution is 6.08. The second-order valence-corrected chi connectivity index (χ2v) is 5.66. The molecule has 2 aromatic carbocycles. The first-order valence-corrected chi connectivity index (χ1v) is 7.88. The predicted molar refractivity (Wildman–Crippen MR) is 90.6 cm³/mol. The molecule has 0 saturated carbocycles. The Balaban J connectivity index is 1.95. The molecule has 2 aromatic rings. The van der Waals surface area contributed by atoms with Crippen LogP contribution in [0.4, 0.5) is 5.69 Å². The highest BCUT2D eigenvalue weighted by atomic mass is 16.5. The standard InChI is InChI=1S/C19H21NO3/c1-4-23-17-10-9-15(12-18(17)22-3)19(21)20-13(2)11-14-7-5-6-8-16(14)20/h5-10,12-13H,4,11H2,1-3H3/t13-/m0/s1. The zero-order chi connectivity index (χ0) is 16.4. The molecule has 0 bridgehead atoms. The normalized spacial score (nSPS) is 16.1. The molecule has 0 aliphatic carbocycles. The minimum atomic E-state index is -0.0104. The summed E-state index contributed by atoms with van der Waals surface area (Å²) in [4.78, 5) is 14.9. The lowest BCUT2D eigenvalue weighted by molar-refractivity contribution is 0.0981. The lowest BCUT2D eigenvalue weighted by atomic mass is 10.1. The maximum absolute atomic E-state index is 13.0. The Hall–Kier alpha value is -2.49. The van der Waals surface area contributed by atoms with Crippen molar-refractivity contribution in [1.29, 1.82) is 0 Å². The van der Waals surface area contributed by atoms with Crippen molar-refractivity contribution in [2.45, 2.75) is 26.3 Å². The van der Waals surface area contributed by atoms with Crippen LogP contribution in [-0.2, 0) is 6.42 Å². The van der Waals surface area contributed by atoms with Gasteiger partial charge in [0.1, 0.15) is 0 Å². The second kappa shape index (κ2) is 6.32. The number of methoxy groups -OCH3 is 1. The Kier molecular flexibility index (Phi) is 4.24. The Labute approximate surface area is 136 Å². The van der Waals surface area contributed by atoms with Gasteiger partial charge < -0.3 is 14.4 Å². The van der Waals surface area contributed by atoms with E-state index in [0.29, 0.717) is 23.7 Å². The molecule has 1 heterocycles. The van der Waals surface area contributed by atoms with Crippen LogP contribution in [0.2, 0.25) is 0 Å². The van der Waals surface area contributed by atoms with Crippen LogP contribution in [0.15, 0.2) is 42.5 Å². The summed E-state index contributed by atoms with van der Waals surface area (Å²) in [5.41, 5.74) is 2.82. The maximum atomic E-state index is 13.0. The van der Waals surface area contributed by atoms with E-state index < -0.39 is 0 Å². The Morgan fingerprint density at radius 1 is 1.22 bits per heavy atom. The van der Waals surface area contributed by atoms with E-state index in [9.17, 15) is 4.79 Å². The third kappa shape index (κ3) is 2.77. The van der Waals surface area contributed by atoms with Crippen molar-refractivity contribution < 1.29 is 14.3 Å². The van der Waals surface area contributed by atoms with E-state index in [4.69, 9.17) is 9.47 Å². The highest BCUT2D eigenvalue weighted by Gasteiger charge is 2.31. The summed E-state index contributed by atoms with van der Waals surface area (Å²) in [5, 5.41) is 0. The molecular formula is C19H21NO3. The molecule has 23 heavy (non-hydrogen) atoms. The summed E-state index contributed by atoms with van der Waals surface area (Å²) in [6, 6.07) is 13.6. The van der Waals surface area contributed by atoms with Gasteiger partial charge in [0, 0.05) is 17.3 Å². The van der Waals surface area contributed by atoms with Gasteiger partial charge in [-0.2, -0.15) is 0 Å². The number of amides is 1. The van der Waals surface area contributed by atoms with E-state index in [1.807, 2.05) is 30.0 Å². The molecule has 1 atom stereocenters. The summed E-state index contributed by atoms with van der Waals surface area (Å²) in [5.74, 6) is 1.23. The van der Waals surface area contributed by atoms with Crippen molar-refractivity contribution in [2.24, 2.45) is 0 Å². The molecule has 0 unspecified atom stereocenters. The van der Waals surface area contributed by atoms with Crippen molar-refractivity contribution >= 4 is 11.6 Å². The van der Waals surface area contributed by atoms with Crippen LogP contribution < -0.4 is 14.4 Å². The van der Waals surface area contributed by atoms with Gasteiger partial charge in [-0.05, 0) is 50.1 Å². The number of carbonyl (C=O) groups excluding carboxylic acids is 1. The number of para-hydroxylation sites is 1. The van der Waals surface area contributed by atoms with Gasteiger partial charge in [-0.25, -0.2) is 0 Å².